The van der Waals surface area contributed by atoms with E-state index in [4.69, 9.17) is 0 Å². The average Bonchev–Trinajstić information content (AvgIpc) is 3.69. The van der Waals surface area contributed by atoms with Gasteiger partial charge < -0.3 is 24.8 Å². The van der Waals surface area contributed by atoms with Crippen molar-refractivity contribution in [2.24, 2.45) is 0 Å². The number of halogens is 2. The van der Waals surface area contributed by atoms with Gasteiger partial charge in [0.25, 0.3) is 0 Å². The minimum atomic E-state index is 0. The molecule has 0 N–H and O–H groups in total. The Bertz CT molecular complexity index is 1740. The number of hydrogen-bond donors (Lipinski definition) is 0. The van der Waals surface area contributed by atoms with E-state index in [-0.39, 0.29) is 35.6 Å². The van der Waals surface area contributed by atoms with E-state index in [1.54, 1.807) is 3.21 Å². The fraction of sp³-hybridized carbons (Fsp3) is 0.364. The summed E-state index contributed by atoms with van der Waals surface area (Å²) in [7, 11) is 0. The molecule has 246 valence electrons. The normalized spacial score (nSPS) is 15.5. The van der Waals surface area contributed by atoms with Gasteiger partial charge in [-0.3, -0.25) is 6.08 Å². The maximum atomic E-state index is 3.65. The zero-order valence-corrected chi connectivity index (χ0v) is 34.1. The topological polar surface area (TPSA) is 0 Å². The molecule has 3 aliphatic rings. The molecule has 0 spiro atoms. The van der Waals surface area contributed by atoms with Crippen molar-refractivity contribution >= 4 is 14.4 Å². The van der Waals surface area contributed by atoms with E-state index in [0.29, 0.717) is 5.41 Å². The molecule has 4 aromatic carbocycles. The number of fused-ring (bicyclic) bond motifs is 5. The number of allylic oxidation sites excluding steroid dienone is 4. The monoisotopic (exact) mass is 738 g/mol. The first kappa shape index (κ1) is 39.3. The summed E-state index contributed by atoms with van der Waals surface area (Å²) in [5.74, 6) is 0. The molecule has 0 nitrogen and oxygen atoms in total. The van der Waals surface area contributed by atoms with Crippen LogP contribution in [-0.2, 0) is 46.9 Å². The van der Waals surface area contributed by atoms with Gasteiger partial charge in [-0.05, 0) is 58.4 Å². The predicted octanol–water partition coefficient (Wildman–Crippen LogP) is 5.63. The van der Waals surface area contributed by atoms with E-state index in [0.717, 1.165) is 6.42 Å². The molecule has 0 bridgehead atoms. The summed E-state index contributed by atoms with van der Waals surface area (Å²) >= 11 is 1.54. The second-order valence-electron chi connectivity index (χ2n) is 15.3. The summed E-state index contributed by atoms with van der Waals surface area (Å²) in [5.41, 5.74) is 19.1. The largest absolute Gasteiger partial charge is 1.00 e. The van der Waals surface area contributed by atoms with Crippen molar-refractivity contribution in [3.05, 3.63) is 135 Å². The Kier molecular flexibility index (Phi) is 12.3. The van der Waals surface area contributed by atoms with E-state index in [1.807, 2.05) is 0 Å². The van der Waals surface area contributed by atoms with Gasteiger partial charge in [-0.15, -0.1) is 11.6 Å². The Labute approximate surface area is 312 Å². The molecule has 4 aromatic rings. The van der Waals surface area contributed by atoms with Crippen LogP contribution in [0.15, 0.2) is 78.9 Å². The first-order chi connectivity index (χ1) is 21.0. The summed E-state index contributed by atoms with van der Waals surface area (Å²) in [6, 6.07) is 27.0. The van der Waals surface area contributed by atoms with Crippen molar-refractivity contribution in [3.8, 4) is 11.1 Å². The van der Waals surface area contributed by atoms with Gasteiger partial charge in [-0.1, -0.05) is 91.4 Å². The Morgan fingerprint density at radius 2 is 1.38 bits per heavy atom. The van der Waals surface area contributed by atoms with Gasteiger partial charge in [-0.2, -0.15) is 28.8 Å². The minimum Gasteiger partial charge on any atom is -1.00 e. The maximum absolute atomic E-state index is 3.65. The van der Waals surface area contributed by atoms with Gasteiger partial charge >= 0.3 is 76.7 Å². The molecule has 3 heteroatoms. The molecule has 0 atom stereocenters. The third-order valence-corrected chi connectivity index (χ3v) is 11.3. The van der Waals surface area contributed by atoms with E-state index in [1.165, 1.54) is 103 Å². The number of rotatable bonds is 2. The number of benzene rings is 3. The zero-order chi connectivity index (χ0) is 32.9. The van der Waals surface area contributed by atoms with Crippen LogP contribution in [0.1, 0.15) is 126 Å². The molecule has 0 fully saturated rings. The average molecular weight is 741 g/mol. The molecular formula is C44H50Cl2Zr-2. The molecule has 3 aliphatic carbocycles. The van der Waals surface area contributed by atoms with Gasteiger partial charge in [0, 0.05) is 5.41 Å². The third-order valence-electron chi connectivity index (χ3n) is 9.68. The van der Waals surface area contributed by atoms with Crippen LogP contribution in [0.2, 0.25) is 0 Å². The van der Waals surface area contributed by atoms with Crippen LogP contribution in [-0.4, -0.2) is 3.21 Å². The van der Waals surface area contributed by atoms with Crippen LogP contribution in [0.3, 0.4) is 0 Å². The molecule has 0 saturated carbocycles. The van der Waals surface area contributed by atoms with Crippen molar-refractivity contribution in [1.29, 1.82) is 0 Å². The van der Waals surface area contributed by atoms with Gasteiger partial charge in [0.15, 0.2) is 0 Å². The van der Waals surface area contributed by atoms with Crippen molar-refractivity contribution in [2.45, 2.75) is 105 Å². The fourth-order valence-electron chi connectivity index (χ4n) is 7.15. The van der Waals surface area contributed by atoms with Gasteiger partial charge in [-0.25, -0.2) is 11.6 Å². The van der Waals surface area contributed by atoms with Crippen molar-refractivity contribution in [1.82, 2.24) is 0 Å². The Morgan fingerprint density at radius 3 is 1.89 bits per heavy atom. The number of hydrogen-bond acceptors (Lipinski definition) is 0. The molecule has 0 amide bonds. The molecule has 7 rings (SSSR count). The molecule has 0 heterocycles. The third kappa shape index (κ3) is 8.18. The van der Waals surface area contributed by atoms with Crippen LogP contribution in [0, 0.1) is 13.0 Å². The van der Waals surface area contributed by atoms with E-state index in [9.17, 15) is 0 Å². The van der Waals surface area contributed by atoms with Crippen molar-refractivity contribution in [2.75, 3.05) is 0 Å². The summed E-state index contributed by atoms with van der Waals surface area (Å²) in [4.78, 5) is 0. The first-order valence-corrected chi connectivity index (χ1v) is 17.8. The molecule has 0 aromatic heterocycles. The quantitative estimate of drug-likeness (QED) is 0.206. The van der Waals surface area contributed by atoms with Crippen LogP contribution in [0.5, 0.6) is 0 Å². The van der Waals surface area contributed by atoms with Crippen LogP contribution < -0.4 is 24.8 Å². The second kappa shape index (κ2) is 14.7. The Balaban J connectivity index is 0.000000228. The molecule has 0 unspecified atom stereocenters. The predicted molar refractivity (Wildman–Crippen MR) is 193 cm³/mol. The first-order valence-electron chi connectivity index (χ1n) is 16.6. The Morgan fingerprint density at radius 1 is 0.809 bits per heavy atom. The fourth-order valence-corrected chi connectivity index (χ4v) is 7.56. The SMILES string of the molecule is CC1=[C-]C(C)(C)c2cc3c(cc21)-c1cc2c(cc1C3)C(C)(C)C=C2C.CC[C](=[Zr+2])c1ccccc1.Cc1cc(C(C)(C)C)c[cH-]1.[Cl-].[Cl-]. The van der Waals surface area contributed by atoms with Crippen LogP contribution >= 0.6 is 0 Å². The van der Waals surface area contributed by atoms with Crippen LogP contribution in [0.25, 0.3) is 22.3 Å². The summed E-state index contributed by atoms with van der Waals surface area (Å²) in [5, 5.41) is 0. The molecule has 0 aliphatic heterocycles. The van der Waals surface area contributed by atoms with E-state index >= 15 is 0 Å². The van der Waals surface area contributed by atoms with Gasteiger partial charge in [0.1, 0.15) is 0 Å². The summed E-state index contributed by atoms with van der Waals surface area (Å²) in [6.07, 6.45) is 8.32. The van der Waals surface area contributed by atoms with Gasteiger partial charge in [0.05, 0.1) is 0 Å². The molecular weight excluding hydrogens is 691 g/mol. The number of aryl methyl sites for hydroxylation is 1. The Hall–Kier alpha value is -2.18. The standard InChI is InChI=1S/C25H25.C10H15.C9H10.2ClH.Zr/c1-14-12-24(3,4)22-8-16-7-17-9-23-19(15(2)13-25(23,5)6)11-21(17)20(16)10-18(14)22;1-8-5-6-9(7-8)10(2,3)4;1-2-6-9-7-4-3-5-8-9;;;/h8-12H,7H2,1-6H3;5-7H,1-4H3;3-5,7-8H,2H2,1H3;2*1H;/q2*-1;;;;+2/p-2. The molecule has 0 saturated heterocycles. The maximum Gasteiger partial charge on any atom is -0.0635 e. The van der Waals surface area contributed by atoms with Crippen molar-refractivity contribution < 1.29 is 49.0 Å². The summed E-state index contributed by atoms with van der Waals surface area (Å²) < 4.78 is 1.55. The van der Waals surface area contributed by atoms with Gasteiger partial charge in [0.2, 0.25) is 0 Å². The molecule has 0 radical (unpaired) electrons. The molecule has 47 heavy (non-hydrogen) atoms. The van der Waals surface area contributed by atoms with Crippen molar-refractivity contribution in [3.63, 3.8) is 0 Å². The zero-order valence-electron chi connectivity index (χ0n) is 30.2. The minimum absolute atomic E-state index is 0. The van der Waals surface area contributed by atoms with E-state index < -0.39 is 0 Å². The second-order valence-corrected chi connectivity index (χ2v) is 16.8. The summed E-state index contributed by atoms with van der Waals surface area (Å²) in [6.45, 7) is 24.7. The smallest absolute Gasteiger partial charge is 0.0635 e. The van der Waals surface area contributed by atoms with Crippen LogP contribution in [0.4, 0.5) is 0 Å². The van der Waals surface area contributed by atoms with E-state index in [2.05, 4.69) is 161 Å².